The van der Waals surface area contributed by atoms with Gasteiger partial charge in [0.25, 0.3) is 5.91 Å². The molecule has 0 fully saturated rings. The van der Waals surface area contributed by atoms with E-state index in [1.165, 1.54) is 21.6 Å². The lowest BCUT2D eigenvalue weighted by atomic mass is 9.91. The lowest BCUT2D eigenvalue weighted by molar-refractivity contribution is 0.103. The first-order chi connectivity index (χ1) is 12.2. The van der Waals surface area contributed by atoms with Crippen LogP contribution >= 0.6 is 11.3 Å². The van der Waals surface area contributed by atoms with Gasteiger partial charge >= 0.3 is 0 Å². The van der Waals surface area contributed by atoms with Gasteiger partial charge in [-0.05, 0) is 72.4 Å². The number of fused-ring (bicyclic) bond motifs is 3. The predicted molar refractivity (Wildman–Crippen MR) is 101 cm³/mol. The fourth-order valence-corrected chi connectivity index (χ4v) is 4.30. The number of methoxy groups -OCH3 is 1. The standard InChI is InChI=1S/C20H18N2O2S/c1-12-4-3-9-21-19(12)22-20(23)17-11-14-6-5-13-10-15(24-2)7-8-16(13)18(14)25-17/h3-4,7-11H,5-6H2,1-2H3,(H,21,22,23). The fourth-order valence-electron chi connectivity index (χ4n) is 3.13. The zero-order valence-electron chi connectivity index (χ0n) is 14.1. The molecule has 1 aromatic carbocycles. The topological polar surface area (TPSA) is 51.2 Å². The Morgan fingerprint density at radius 2 is 2.04 bits per heavy atom. The number of aryl methyl sites for hydroxylation is 3. The number of benzene rings is 1. The third-order valence-corrected chi connectivity index (χ3v) is 5.70. The van der Waals surface area contributed by atoms with Crippen LogP contribution < -0.4 is 10.1 Å². The van der Waals surface area contributed by atoms with Gasteiger partial charge in [0.15, 0.2) is 0 Å². The Balaban J connectivity index is 1.65. The van der Waals surface area contributed by atoms with Gasteiger partial charge in [-0.25, -0.2) is 4.98 Å². The van der Waals surface area contributed by atoms with Gasteiger partial charge in [-0.2, -0.15) is 0 Å². The average Bonchev–Trinajstić information content (AvgIpc) is 3.08. The molecule has 2 aromatic heterocycles. The summed E-state index contributed by atoms with van der Waals surface area (Å²) in [6, 6.07) is 12.0. The number of nitrogens with one attached hydrogen (secondary N) is 1. The van der Waals surface area contributed by atoms with Gasteiger partial charge in [0.05, 0.1) is 12.0 Å². The van der Waals surface area contributed by atoms with Gasteiger partial charge in [0, 0.05) is 11.1 Å². The normalized spacial score (nSPS) is 12.2. The number of nitrogens with zero attached hydrogens (tertiary/aromatic N) is 1. The van der Waals surface area contributed by atoms with E-state index < -0.39 is 0 Å². The van der Waals surface area contributed by atoms with Crippen molar-refractivity contribution < 1.29 is 9.53 Å². The summed E-state index contributed by atoms with van der Waals surface area (Å²) in [5.41, 5.74) is 4.68. The summed E-state index contributed by atoms with van der Waals surface area (Å²) in [6.07, 6.45) is 3.60. The molecule has 3 aromatic rings. The number of aromatic nitrogens is 1. The van der Waals surface area contributed by atoms with Crippen molar-refractivity contribution in [1.29, 1.82) is 0 Å². The number of carbonyl (C=O) groups is 1. The molecule has 1 N–H and O–H groups in total. The minimum absolute atomic E-state index is 0.101. The second-order valence-electron chi connectivity index (χ2n) is 6.11. The van der Waals surface area contributed by atoms with Crippen molar-refractivity contribution in [2.24, 2.45) is 0 Å². The van der Waals surface area contributed by atoms with Crippen molar-refractivity contribution >= 4 is 23.1 Å². The molecule has 5 heteroatoms. The van der Waals surface area contributed by atoms with E-state index in [1.807, 2.05) is 31.2 Å². The maximum atomic E-state index is 12.6. The van der Waals surface area contributed by atoms with Crippen LogP contribution in [-0.2, 0) is 12.8 Å². The maximum absolute atomic E-state index is 12.6. The summed E-state index contributed by atoms with van der Waals surface area (Å²) in [6.45, 7) is 1.94. The zero-order valence-corrected chi connectivity index (χ0v) is 14.9. The van der Waals surface area contributed by atoms with Gasteiger partial charge in [0.1, 0.15) is 11.6 Å². The quantitative estimate of drug-likeness (QED) is 0.758. The molecule has 25 heavy (non-hydrogen) atoms. The molecule has 0 spiro atoms. The molecule has 0 atom stereocenters. The van der Waals surface area contributed by atoms with Gasteiger partial charge in [-0.15, -0.1) is 11.3 Å². The summed E-state index contributed by atoms with van der Waals surface area (Å²) in [5, 5.41) is 2.92. The Labute approximate surface area is 150 Å². The molecule has 2 heterocycles. The van der Waals surface area contributed by atoms with Crippen LogP contribution in [-0.4, -0.2) is 18.0 Å². The SMILES string of the molecule is COc1ccc2c(c1)CCc1cc(C(=O)Nc3ncccc3C)sc1-2. The van der Waals surface area contributed by atoms with Gasteiger partial charge < -0.3 is 10.1 Å². The first kappa shape index (κ1) is 15.8. The number of hydrogen-bond acceptors (Lipinski definition) is 4. The predicted octanol–water partition coefficient (Wildman–Crippen LogP) is 4.48. The molecular formula is C20H18N2O2S. The molecule has 1 aliphatic carbocycles. The number of amides is 1. The summed E-state index contributed by atoms with van der Waals surface area (Å²) >= 11 is 1.54. The first-order valence-corrected chi connectivity index (χ1v) is 9.00. The molecule has 4 nitrogen and oxygen atoms in total. The third kappa shape index (κ3) is 2.91. The minimum Gasteiger partial charge on any atom is -0.497 e. The van der Waals surface area contributed by atoms with Gasteiger partial charge in [0.2, 0.25) is 0 Å². The van der Waals surface area contributed by atoms with Crippen LogP contribution in [0.2, 0.25) is 0 Å². The Bertz CT molecular complexity index is 962. The monoisotopic (exact) mass is 350 g/mol. The molecule has 1 aliphatic rings. The van der Waals surface area contributed by atoms with Crippen molar-refractivity contribution in [3.63, 3.8) is 0 Å². The number of ether oxygens (including phenoxy) is 1. The molecule has 0 unspecified atom stereocenters. The minimum atomic E-state index is -0.101. The molecule has 0 saturated heterocycles. The molecule has 0 aliphatic heterocycles. The highest BCUT2D eigenvalue weighted by Gasteiger charge is 2.22. The Hall–Kier alpha value is -2.66. The van der Waals surface area contributed by atoms with E-state index in [9.17, 15) is 4.79 Å². The van der Waals surface area contributed by atoms with E-state index in [0.29, 0.717) is 5.82 Å². The van der Waals surface area contributed by atoms with Crippen molar-refractivity contribution in [1.82, 2.24) is 4.98 Å². The van der Waals surface area contributed by atoms with Gasteiger partial charge in [-0.3, -0.25) is 4.79 Å². The van der Waals surface area contributed by atoms with E-state index in [2.05, 4.69) is 22.4 Å². The molecule has 0 bridgehead atoms. The number of pyridine rings is 1. The Morgan fingerprint density at radius 3 is 2.84 bits per heavy atom. The van der Waals surface area contributed by atoms with Crippen molar-refractivity contribution in [2.45, 2.75) is 19.8 Å². The van der Waals surface area contributed by atoms with Gasteiger partial charge in [-0.1, -0.05) is 6.07 Å². The highest BCUT2D eigenvalue weighted by atomic mass is 32.1. The van der Waals surface area contributed by atoms with Crippen molar-refractivity contribution in [2.75, 3.05) is 12.4 Å². The van der Waals surface area contributed by atoms with Crippen LogP contribution in [0.5, 0.6) is 5.75 Å². The molecule has 0 saturated carbocycles. The maximum Gasteiger partial charge on any atom is 0.266 e. The smallest absolute Gasteiger partial charge is 0.266 e. The van der Waals surface area contributed by atoms with Crippen LogP contribution in [0.25, 0.3) is 10.4 Å². The van der Waals surface area contributed by atoms with Crippen LogP contribution in [0, 0.1) is 6.92 Å². The summed E-state index contributed by atoms with van der Waals surface area (Å²) in [7, 11) is 1.68. The third-order valence-electron chi connectivity index (χ3n) is 4.49. The largest absolute Gasteiger partial charge is 0.497 e. The van der Waals surface area contributed by atoms with Crippen LogP contribution in [0.4, 0.5) is 5.82 Å². The first-order valence-electron chi connectivity index (χ1n) is 8.18. The number of carbonyl (C=O) groups excluding carboxylic acids is 1. The van der Waals surface area contributed by atoms with E-state index in [0.717, 1.165) is 29.0 Å². The van der Waals surface area contributed by atoms with Crippen molar-refractivity contribution in [3.05, 3.63) is 64.2 Å². The number of rotatable bonds is 3. The molecule has 4 rings (SSSR count). The summed E-state index contributed by atoms with van der Waals surface area (Å²) in [4.78, 5) is 18.8. The van der Waals surface area contributed by atoms with E-state index in [4.69, 9.17) is 4.74 Å². The second-order valence-corrected chi connectivity index (χ2v) is 7.16. The highest BCUT2D eigenvalue weighted by molar-refractivity contribution is 7.17. The summed E-state index contributed by atoms with van der Waals surface area (Å²) < 4.78 is 5.32. The van der Waals surface area contributed by atoms with E-state index >= 15 is 0 Å². The second kappa shape index (κ2) is 6.33. The van der Waals surface area contributed by atoms with Crippen LogP contribution in [0.3, 0.4) is 0 Å². The lowest BCUT2D eigenvalue weighted by Gasteiger charge is -2.16. The van der Waals surface area contributed by atoms with Crippen LogP contribution in [0.1, 0.15) is 26.4 Å². The molecule has 0 radical (unpaired) electrons. The number of hydrogen-bond donors (Lipinski definition) is 1. The highest BCUT2D eigenvalue weighted by Crippen LogP contribution is 2.41. The van der Waals surface area contributed by atoms with E-state index in [-0.39, 0.29) is 5.91 Å². The lowest BCUT2D eigenvalue weighted by Crippen LogP contribution is -2.12. The van der Waals surface area contributed by atoms with Crippen LogP contribution in [0.15, 0.2) is 42.6 Å². The zero-order chi connectivity index (χ0) is 17.4. The average molecular weight is 350 g/mol. The number of thiophene rings is 1. The Morgan fingerprint density at radius 1 is 1.20 bits per heavy atom. The van der Waals surface area contributed by atoms with E-state index in [1.54, 1.807) is 24.6 Å². The number of anilines is 1. The molecule has 126 valence electrons. The fraction of sp³-hybridized carbons (Fsp3) is 0.200. The summed E-state index contributed by atoms with van der Waals surface area (Å²) in [5.74, 6) is 1.39. The molecule has 1 amide bonds. The van der Waals surface area contributed by atoms with Crippen molar-refractivity contribution in [3.8, 4) is 16.2 Å². The Kier molecular flexibility index (Phi) is 4.01. The molecular weight excluding hydrogens is 332 g/mol.